The summed E-state index contributed by atoms with van der Waals surface area (Å²) < 4.78 is 5.46. The van der Waals surface area contributed by atoms with E-state index in [0.29, 0.717) is 13.1 Å². The van der Waals surface area contributed by atoms with Crippen LogP contribution < -0.4 is 4.74 Å². The van der Waals surface area contributed by atoms with Gasteiger partial charge in [0.2, 0.25) is 0 Å². The van der Waals surface area contributed by atoms with Crippen molar-refractivity contribution in [2.24, 2.45) is 5.92 Å². The van der Waals surface area contributed by atoms with Gasteiger partial charge in [-0.3, -0.25) is 9.69 Å². The van der Waals surface area contributed by atoms with E-state index in [4.69, 9.17) is 9.84 Å². The first-order valence-electron chi connectivity index (χ1n) is 5.92. The summed E-state index contributed by atoms with van der Waals surface area (Å²) in [5, 5.41) is 8.80. The van der Waals surface area contributed by atoms with Crippen molar-refractivity contribution in [1.82, 2.24) is 4.90 Å². The van der Waals surface area contributed by atoms with E-state index in [0.717, 1.165) is 25.3 Å². The molecule has 0 aliphatic carbocycles. The topological polar surface area (TPSA) is 49.8 Å². The van der Waals surface area contributed by atoms with Crippen LogP contribution in [0.25, 0.3) is 0 Å². The van der Waals surface area contributed by atoms with E-state index in [2.05, 4.69) is 17.0 Å². The molecule has 0 atom stereocenters. The average molecular weight is 233 g/mol. The highest BCUT2D eigenvalue weighted by Crippen LogP contribution is 2.27. The minimum absolute atomic E-state index is 0.173. The molecule has 0 radical (unpaired) electrons. The average Bonchev–Trinajstić information content (AvgIpc) is 2.69. The molecule has 1 fully saturated rings. The Bertz CT molecular complexity index is 452. The van der Waals surface area contributed by atoms with E-state index >= 15 is 0 Å². The van der Waals surface area contributed by atoms with Gasteiger partial charge in [-0.2, -0.15) is 0 Å². The van der Waals surface area contributed by atoms with Crippen LogP contribution in [0.15, 0.2) is 18.2 Å². The van der Waals surface area contributed by atoms with Gasteiger partial charge in [0.1, 0.15) is 5.75 Å². The zero-order chi connectivity index (χ0) is 11.8. The molecule has 1 saturated heterocycles. The summed E-state index contributed by atoms with van der Waals surface area (Å²) in [6.45, 7) is 2.96. The minimum atomic E-state index is -0.677. The van der Waals surface area contributed by atoms with Gasteiger partial charge in [0.05, 0.1) is 12.5 Å². The second kappa shape index (κ2) is 4.04. The summed E-state index contributed by atoms with van der Waals surface area (Å²) in [7, 11) is 0. The number of fused-ring (bicyclic) bond motifs is 1. The van der Waals surface area contributed by atoms with Crippen LogP contribution >= 0.6 is 0 Å². The summed E-state index contributed by atoms with van der Waals surface area (Å²) in [5.41, 5.74) is 2.52. The number of nitrogens with zero attached hydrogens (tertiary/aromatic N) is 1. The molecule has 0 spiro atoms. The quantitative estimate of drug-likeness (QED) is 0.850. The van der Waals surface area contributed by atoms with E-state index in [-0.39, 0.29) is 5.92 Å². The summed E-state index contributed by atoms with van der Waals surface area (Å²) in [6.07, 6.45) is 0.987. The van der Waals surface area contributed by atoms with Crippen LogP contribution in [-0.2, 0) is 17.8 Å². The van der Waals surface area contributed by atoms with Crippen molar-refractivity contribution in [2.75, 3.05) is 19.7 Å². The molecule has 1 aromatic rings. The highest BCUT2D eigenvalue weighted by molar-refractivity contribution is 5.71. The molecule has 1 aromatic carbocycles. The van der Waals surface area contributed by atoms with E-state index < -0.39 is 5.97 Å². The van der Waals surface area contributed by atoms with Crippen molar-refractivity contribution < 1.29 is 14.6 Å². The fourth-order valence-electron chi connectivity index (χ4n) is 2.45. The molecule has 0 saturated carbocycles. The van der Waals surface area contributed by atoms with Crippen LogP contribution in [0.4, 0.5) is 0 Å². The van der Waals surface area contributed by atoms with Crippen molar-refractivity contribution in [3.63, 3.8) is 0 Å². The van der Waals surface area contributed by atoms with Crippen molar-refractivity contribution in [1.29, 1.82) is 0 Å². The molecule has 0 amide bonds. The van der Waals surface area contributed by atoms with Crippen LogP contribution in [0.2, 0.25) is 0 Å². The molecule has 17 heavy (non-hydrogen) atoms. The van der Waals surface area contributed by atoms with Gasteiger partial charge in [0.25, 0.3) is 0 Å². The normalized spacial score (nSPS) is 19.5. The molecule has 2 heterocycles. The fourth-order valence-corrected chi connectivity index (χ4v) is 2.45. The monoisotopic (exact) mass is 233 g/mol. The minimum Gasteiger partial charge on any atom is -0.493 e. The lowest BCUT2D eigenvalue weighted by Gasteiger charge is -2.36. The molecule has 2 aliphatic heterocycles. The Labute approximate surface area is 99.8 Å². The summed E-state index contributed by atoms with van der Waals surface area (Å²) in [4.78, 5) is 12.9. The Hall–Kier alpha value is -1.55. The van der Waals surface area contributed by atoms with E-state index in [1.807, 2.05) is 6.07 Å². The molecule has 4 heteroatoms. The third kappa shape index (κ3) is 2.00. The lowest BCUT2D eigenvalue weighted by atomic mass is 9.99. The molecule has 0 unspecified atom stereocenters. The van der Waals surface area contributed by atoms with E-state index in [9.17, 15) is 4.79 Å². The van der Waals surface area contributed by atoms with Gasteiger partial charge < -0.3 is 9.84 Å². The maximum Gasteiger partial charge on any atom is 0.309 e. The molecule has 0 aromatic heterocycles. The highest BCUT2D eigenvalue weighted by atomic mass is 16.5. The number of benzene rings is 1. The Morgan fingerprint density at radius 3 is 3.06 bits per heavy atom. The predicted octanol–water partition coefficient (Wildman–Crippen LogP) is 1.14. The standard InChI is InChI=1S/C13H15NO3/c15-13(16)11-7-14(8-11)6-9-1-2-12-10(5-9)3-4-17-12/h1-2,5,11H,3-4,6-8H2,(H,15,16). The lowest BCUT2D eigenvalue weighted by molar-refractivity contribution is -0.147. The van der Waals surface area contributed by atoms with Crippen LogP contribution in [0, 0.1) is 5.92 Å². The number of aliphatic carboxylic acids is 1. The first kappa shape index (κ1) is 10.6. The Balaban J connectivity index is 1.61. The maximum atomic E-state index is 10.7. The number of carboxylic acid groups (broad SMARTS) is 1. The van der Waals surface area contributed by atoms with Gasteiger partial charge in [0, 0.05) is 26.1 Å². The van der Waals surface area contributed by atoms with Crippen LogP contribution in [-0.4, -0.2) is 35.7 Å². The Morgan fingerprint density at radius 1 is 1.47 bits per heavy atom. The third-order valence-electron chi connectivity index (χ3n) is 3.47. The number of hydrogen-bond donors (Lipinski definition) is 1. The summed E-state index contributed by atoms with van der Waals surface area (Å²) >= 11 is 0. The molecular weight excluding hydrogens is 218 g/mol. The zero-order valence-electron chi connectivity index (χ0n) is 9.56. The molecule has 3 rings (SSSR count). The van der Waals surface area contributed by atoms with Gasteiger partial charge in [-0.25, -0.2) is 0 Å². The molecule has 4 nitrogen and oxygen atoms in total. The highest BCUT2D eigenvalue weighted by Gasteiger charge is 2.32. The van der Waals surface area contributed by atoms with Crippen LogP contribution in [0.3, 0.4) is 0 Å². The Kier molecular flexibility index (Phi) is 2.52. The number of likely N-dealkylation sites (tertiary alicyclic amines) is 1. The van der Waals surface area contributed by atoms with Crippen LogP contribution in [0.1, 0.15) is 11.1 Å². The number of carbonyl (C=O) groups is 1. The van der Waals surface area contributed by atoms with Crippen molar-refractivity contribution in [2.45, 2.75) is 13.0 Å². The summed E-state index contributed by atoms with van der Waals surface area (Å²) in [5.74, 6) is 0.150. The first-order valence-corrected chi connectivity index (χ1v) is 5.92. The number of ether oxygens (including phenoxy) is 1. The van der Waals surface area contributed by atoms with Gasteiger partial charge in [-0.05, 0) is 17.2 Å². The SMILES string of the molecule is O=C(O)C1CN(Cc2ccc3c(c2)CCO3)C1. The van der Waals surface area contributed by atoms with E-state index in [1.165, 1.54) is 11.1 Å². The largest absolute Gasteiger partial charge is 0.493 e. The number of hydrogen-bond acceptors (Lipinski definition) is 3. The predicted molar refractivity (Wildman–Crippen MR) is 62.0 cm³/mol. The van der Waals surface area contributed by atoms with Gasteiger partial charge in [-0.1, -0.05) is 12.1 Å². The second-order valence-electron chi connectivity index (χ2n) is 4.77. The van der Waals surface area contributed by atoms with Gasteiger partial charge in [0.15, 0.2) is 0 Å². The number of rotatable bonds is 3. The van der Waals surface area contributed by atoms with Gasteiger partial charge >= 0.3 is 5.97 Å². The van der Waals surface area contributed by atoms with Crippen molar-refractivity contribution in [3.8, 4) is 5.75 Å². The summed E-state index contributed by atoms with van der Waals surface area (Å²) in [6, 6.07) is 6.26. The van der Waals surface area contributed by atoms with E-state index in [1.54, 1.807) is 0 Å². The Morgan fingerprint density at radius 2 is 2.29 bits per heavy atom. The number of carboxylic acids is 1. The molecular formula is C13H15NO3. The molecule has 90 valence electrons. The smallest absolute Gasteiger partial charge is 0.309 e. The molecule has 1 N–H and O–H groups in total. The third-order valence-corrected chi connectivity index (χ3v) is 3.47. The second-order valence-corrected chi connectivity index (χ2v) is 4.77. The fraction of sp³-hybridized carbons (Fsp3) is 0.462. The van der Waals surface area contributed by atoms with Crippen LogP contribution in [0.5, 0.6) is 5.75 Å². The first-order chi connectivity index (χ1) is 8.22. The lowest BCUT2D eigenvalue weighted by Crippen LogP contribution is -2.49. The van der Waals surface area contributed by atoms with Gasteiger partial charge in [-0.15, -0.1) is 0 Å². The van der Waals surface area contributed by atoms with Crippen molar-refractivity contribution >= 4 is 5.97 Å². The zero-order valence-corrected chi connectivity index (χ0v) is 9.56. The van der Waals surface area contributed by atoms with Crippen molar-refractivity contribution in [3.05, 3.63) is 29.3 Å². The maximum absolute atomic E-state index is 10.7. The molecule has 2 aliphatic rings. The molecule has 0 bridgehead atoms.